The van der Waals surface area contributed by atoms with Gasteiger partial charge in [-0.1, -0.05) is 55.5 Å². The topological polar surface area (TPSA) is 84.9 Å². The van der Waals surface area contributed by atoms with Crippen LogP contribution in [-0.2, 0) is 25.6 Å². The van der Waals surface area contributed by atoms with Crippen LogP contribution in [0.5, 0.6) is 5.75 Å². The van der Waals surface area contributed by atoms with Crippen LogP contribution in [0, 0.1) is 0 Å². The van der Waals surface area contributed by atoms with E-state index in [2.05, 4.69) is 5.32 Å². The summed E-state index contributed by atoms with van der Waals surface area (Å²) >= 11 is 0. The summed E-state index contributed by atoms with van der Waals surface area (Å²) in [6, 6.07) is 17.0. The molecule has 3 rings (SSSR count). The van der Waals surface area contributed by atoms with Crippen LogP contribution in [0.1, 0.15) is 18.9 Å². The lowest BCUT2D eigenvalue weighted by atomic mass is 9.95. The number of β-lactam (4-membered cyclic amide) rings is 1. The van der Waals surface area contributed by atoms with Crippen molar-refractivity contribution in [1.29, 1.82) is 0 Å². The Labute approximate surface area is 163 Å². The molecule has 1 aliphatic rings. The van der Waals surface area contributed by atoms with E-state index in [-0.39, 0.29) is 13.0 Å². The largest absolute Gasteiger partial charge is 0.484 e. The van der Waals surface area contributed by atoms with Crippen molar-refractivity contribution < 1.29 is 24.0 Å². The Morgan fingerprint density at radius 2 is 1.68 bits per heavy atom. The third-order valence-electron chi connectivity index (χ3n) is 4.41. The summed E-state index contributed by atoms with van der Waals surface area (Å²) in [6.07, 6.45) is 0.609. The van der Waals surface area contributed by atoms with Crippen LogP contribution in [0.15, 0.2) is 60.7 Å². The van der Waals surface area contributed by atoms with Crippen molar-refractivity contribution in [3.05, 3.63) is 66.2 Å². The molecule has 2 unspecified atom stereocenters. The summed E-state index contributed by atoms with van der Waals surface area (Å²) in [5.41, 5.74) is 0.802. The highest BCUT2D eigenvalue weighted by atomic mass is 16.7. The quantitative estimate of drug-likeness (QED) is 0.705. The van der Waals surface area contributed by atoms with Gasteiger partial charge in [0.2, 0.25) is 0 Å². The molecule has 7 heteroatoms. The average Bonchev–Trinajstić information content (AvgIpc) is 2.72. The van der Waals surface area contributed by atoms with Crippen molar-refractivity contribution in [1.82, 2.24) is 10.4 Å². The Bertz CT molecular complexity index is 825. The molecule has 0 saturated carbocycles. The molecule has 0 radical (unpaired) electrons. The minimum Gasteiger partial charge on any atom is -0.484 e. The molecule has 0 bridgehead atoms. The van der Waals surface area contributed by atoms with Crippen LogP contribution >= 0.6 is 0 Å². The molecule has 28 heavy (non-hydrogen) atoms. The number of nitrogens with zero attached hydrogens (tertiary/aromatic N) is 1. The lowest BCUT2D eigenvalue weighted by Crippen LogP contribution is -2.70. The number of hydrogen-bond acceptors (Lipinski definition) is 5. The molecule has 2 aromatic carbocycles. The second-order valence-electron chi connectivity index (χ2n) is 6.41. The van der Waals surface area contributed by atoms with Gasteiger partial charge in [0.15, 0.2) is 6.61 Å². The standard InChI is InChI=1S/C21H22N2O5/c1-2-17-20(22-18(24)14-27-16-11-7-4-8-12-16)21(26)23(17)28-19(25)13-15-9-5-3-6-10-15/h3-12,17,20H,2,13-14H2,1H3,(H,22,24). The van der Waals surface area contributed by atoms with Gasteiger partial charge in [0.05, 0.1) is 12.5 Å². The maximum atomic E-state index is 12.3. The summed E-state index contributed by atoms with van der Waals surface area (Å²) < 4.78 is 5.38. The van der Waals surface area contributed by atoms with E-state index in [1.54, 1.807) is 24.3 Å². The molecule has 2 aromatic rings. The van der Waals surface area contributed by atoms with E-state index in [0.717, 1.165) is 10.6 Å². The highest BCUT2D eigenvalue weighted by Gasteiger charge is 2.50. The zero-order valence-electron chi connectivity index (χ0n) is 15.5. The summed E-state index contributed by atoms with van der Waals surface area (Å²) in [6.45, 7) is 1.66. The highest BCUT2D eigenvalue weighted by Crippen LogP contribution is 2.24. The van der Waals surface area contributed by atoms with Crippen molar-refractivity contribution in [2.45, 2.75) is 31.8 Å². The molecule has 7 nitrogen and oxygen atoms in total. The molecular formula is C21H22N2O5. The zero-order valence-corrected chi connectivity index (χ0v) is 15.5. The number of rotatable bonds is 8. The van der Waals surface area contributed by atoms with E-state index >= 15 is 0 Å². The SMILES string of the molecule is CCC1C(NC(=O)COc2ccccc2)C(=O)N1OC(=O)Cc1ccccc1. The maximum Gasteiger partial charge on any atom is 0.336 e. The Hall–Kier alpha value is -3.35. The number of carbonyl (C=O) groups is 3. The van der Waals surface area contributed by atoms with Gasteiger partial charge in [-0.25, -0.2) is 4.79 Å². The number of hydrogen-bond donors (Lipinski definition) is 1. The Kier molecular flexibility index (Phi) is 6.26. The average molecular weight is 382 g/mol. The number of nitrogens with one attached hydrogen (secondary N) is 1. The highest BCUT2D eigenvalue weighted by molar-refractivity contribution is 5.94. The van der Waals surface area contributed by atoms with Gasteiger partial charge in [0.1, 0.15) is 11.8 Å². The number of carbonyl (C=O) groups excluding carboxylic acids is 3. The van der Waals surface area contributed by atoms with Crippen molar-refractivity contribution >= 4 is 17.8 Å². The number of amides is 2. The molecule has 2 amide bonds. The van der Waals surface area contributed by atoms with Gasteiger partial charge in [0, 0.05) is 0 Å². The van der Waals surface area contributed by atoms with Gasteiger partial charge in [-0.05, 0) is 24.1 Å². The molecule has 1 fully saturated rings. The Morgan fingerprint density at radius 1 is 1.04 bits per heavy atom. The van der Waals surface area contributed by atoms with Crippen molar-refractivity contribution in [2.24, 2.45) is 0 Å². The first kappa shape index (κ1) is 19.4. The smallest absolute Gasteiger partial charge is 0.336 e. The molecule has 146 valence electrons. The van der Waals surface area contributed by atoms with Gasteiger partial charge in [-0.15, -0.1) is 0 Å². The minimum atomic E-state index is -0.721. The molecule has 0 spiro atoms. The van der Waals surface area contributed by atoms with Gasteiger partial charge < -0.3 is 14.9 Å². The molecule has 0 aromatic heterocycles. The molecule has 1 aliphatic heterocycles. The second-order valence-corrected chi connectivity index (χ2v) is 6.41. The normalized spacial score (nSPS) is 18.2. The van der Waals surface area contributed by atoms with Crippen LogP contribution in [-0.4, -0.2) is 41.5 Å². The lowest BCUT2D eigenvalue weighted by Gasteiger charge is -2.44. The maximum absolute atomic E-state index is 12.3. The lowest BCUT2D eigenvalue weighted by molar-refractivity contribution is -0.232. The third kappa shape index (κ3) is 4.68. The van der Waals surface area contributed by atoms with Crippen LogP contribution in [0.25, 0.3) is 0 Å². The Balaban J connectivity index is 1.48. The first-order chi connectivity index (χ1) is 13.6. The van der Waals surface area contributed by atoms with E-state index in [9.17, 15) is 14.4 Å². The first-order valence-electron chi connectivity index (χ1n) is 9.13. The second kappa shape index (κ2) is 9.03. The molecule has 2 atom stereocenters. The van der Waals surface area contributed by atoms with Gasteiger partial charge >= 0.3 is 5.97 Å². The molecule has 0 aliphatic carbocycles. The number of ether oxygens (including phenoxy) is 1. The number of para-hydroxylation sites is 1. The fraction of sp³-hybridized carbons (Fsp3) is 0.286. The van der Waals surface area contributed by atoms with E-state index in [1.165, 1.54) is 0 Å². The fourth-order valence-electron chi connectivity index (χ4n) is 2.98. The van der Waals surface area contributed by atoms with Gasteiger partial charge in [-0.3, -0.25) is 9.59 Å². The summed E-state index contributed by atoms with van der Waals surface area (Å²) in [5, 5.41) is 3.69. The van der Waals surface area contributed by atoms with E-state index in [1.807, 2.05) is 43.3 Å². The van der Waals surface area contributed by atoms with Gasteiger partial charge in [-0.2, -0.15) is 5.06 Å². The first-order valence-corrected chi connectivity index (χ1v) is 9.13. The molecular weight excluding hydrogens is 360 g/mol. The van der Waals surface area contributed by atoms with E-state index in [0.29, 0.717) is 12.2 Å². The van der Waals surface area contributed by atoms with Crippen molar-refractivity contribution in [2.75, 3.05) is 6.61 Å². The number of benzene rings is 2. The summed E-state index contributed by atoms with van der Waals surface area (Å²) in [5.74, 6) is -0.798. The predicted molar refractivity (Wildman–Crippen MR) is 101 cm³/mol. The molecule has 1 N–H and O–H groups in total. The minimum absolute atomic E-state index is 0.0724. The molecule has 1 saturated heterocycles. The monoisotopic (exact) mass is 382 g/mol. The van der Waals surface area contributed by atoms with Crippen molar-refractivity contribution in [3.63, 3.8) is 0 Å². The van der Waals surface area contributed by atoms with Crippen LogP contribution in [0.3, 0.4) is 0 Å². The third-order valence-corrected chi connectivity index (χ3v) is 4.41. The number of hydroxylamine groups is 2. The summed E-state index contributed by atoms with van der Waals surface area (Å²) in [7, 11) is 0. The predicted octanol–water partition coefficient (Wildman–Crippen LogP) is 1.87. The zero-order chi connectivity index (χ0) is 19.9. The fourth-order valence-corrected chi connectivity index (χ4v) is 2.98. The summed E-state index contributed by atoms with van der Waals surface area (Å²) in [4.78, 5) is 41.7. The van der Waals surface area contributed by atoms with E-state index < -0.39 is 29.9 Å². The van der Waals surface area contributed by atoms with E-state index in [4.69, 9.17) is 9.57 Å². The van der Waals surface area contributed by atoms with Crippen molar-refractivity contribution in [3.8, 4) is 5.75 Å². The van der Waals surface area contributed by atoms with Crippen LogP contribution in [0.4, 0.5) is 0 Å². The Morgan fingerprint density at radius 3 is 2.32 bits per heavy atom. The van der Waals surface area contributed by atoms with Crippen LogP contribution in [0.2, 0.25) is 0 Å². The molecule has 1 heterocycles. The van der Waals surface area contributed by atoms with Gasteiger partial charge in [0.25, 0.3) is 11.8 Å². The van der Waals surface area contributed by atoms with Crippen LogP contribution < -0.4 is 10.1 Å².